The van der Waals surface area contributed by atoms with Gasteiger partial charge in [-0.2, -0.15) is 13.2 Å². The van der Waals surface area contributed by atoms with E-state index in [-0.39, 0.29) is 30.5 Å². The molecule has 0 rings (SSSR count). The van der Waals surface area contributed by atoms with Gasteiger partial charge in [-0.1, -0.05) is 0 Å². The average molecular weight is 339 g/mol. The van der Waals surface area contributed by atoms with Crippen molar-refractivity contribution in [2.75, 3.05) is 27.2 Å². The number of nitrogens with one attached hydrogen (secondary N) is 1. The Morgan fingerprint density at radius 3 is 2.20 bits per heavy atom. The smallest absolute Gasteiger partial charge is 0.357 e. The van der Waals surface area contributed by atoms with E-state index in [0.29, 0.717) is 12.5 Å². The third kappa shape index (κ3) is 10.1. The molecular weight excluding hydrogens is 322 g/mol. The number of guanidine groups is 1. The summed E-state index contributed by atoms with van der Waals surface area (Å²) in [5.74, 6) is 0.483. The number of rotatable bonds is 3. The first-order chi connectivity index (χ1) is 6.37. The average Bonchev–Trinajstić information content (AvgIpc) is 2.00. The minimum atomic E-state index is -4.13. The lowest BCUT2D eigenvalue weighted by atomic mass is 10.4. The molecule has 0 saturated carbocycles. The lowest BCUT2D eigenvalue weighted by molar-refractivity contribution is -0.132. The molecule has 0 fully saturated rings. The Labute approximate surface area is 105 Å². The summed E-state index contributed by atoms with van der Waals surface area (Å²) in [6, 6.07) is 0. The van der Waals surface area contributed by atoms with Crippen LogP contribution in [-0.4, -0.2) is 44.2 Å². The third-order valence-corrected chi connectivity index (χ3v) is 1.42. The second-order valence-electron chi connectivity index (χ2n) is 3.00. The van der Waals surface area contributed by atoms with Crippen LogP contribution < -0.4 is 5.32 Å². The largest absolute Gasteiger partial charge is 0.390 e. The molecule has 92 valence electrons. The highest BCUT2D eigenvalue weighted by molar-refractivity contribution is 14.0. The Morgan fingerprint density at radius 1 is 1.33 bits per heavy atom. The van der Waals surface area contributed by atoms with Crippen molar-refractivity contribution in [1.29, 1.82) is 0 Å². The van der Waals surface area contributed by atoms with Gasteiger partial charge in [-0.25, -0.2) is 0 Å². The van der Waals surface area contributed by atoms with Crippen LogP contribution in [0, 0.1) is 0 Å². The fraction of sp³-hybridized carbons (Fsp3) is 0.875. The van der Waals surface area contributed by atoms with Gasteiger partial charge in [0.1, 0.15) is 0 Å². The molecule has 0 radical (unpaired) electrons. The van der Waals surface area contributed by atoms with Gasteiger partial charge in [0, 0.05) is 20.6 Å². The predicted molar refractivity (Wildman–Crippen MR) is 65.8 cm³/mol. The molecule has 0 aromatic rings. The second kappa shape index (κ2) is 8.00. The summed E-state index contributed by atoms with van der Waals surface area (Å²) >= 11 is 0. The fourth-order valence-corrected chi connectivity index (χ4v) is 0.802. The topological polar surface area (TPSA) is 27.6 Å². The van der Waals surface area contributed by atoms with Crippen molar-refractivity contribution in [2.24, 2.45) is 4.99 Å². The van der Waals surface area contributed by atoms with E-state index in [1.807, 2.05) is 6.92 Å². The van der Waals surface area contributed by atoms with Crippen molar-refractivity contribution < 1.29 is 13.2 Å². The van der Waals surface area contributed by atoms with Crippen LogP contribution in [0.25, 0.3) is 0 Å². The van der Waals surface area contributed by atoms with E-state index in [4.69, 9.17) is 0 Å². The molecule has 0 aliphatic heterocycles. The molecule has 7 heteroatoms. The molecule has 0 spiro atoms. The molecule has 0 aromatic heterocycles. The zero-order valence-electron chi connectivity index (χ0n) is 9.06. The van der Waals surface area contributed by atoms with Gasteiger partial charge < -0.3 is 10.2 Å². The van der Waals surface area contributed by atoms with Crippen molar-refractivity contribution in [3.05, 3.63) is 0 Å². The van der Waals surface area contributed by atoms with Gasteiger partial charge in [-0.15, -0.1) is 24.0 Å². The molecule has 0 amide bonds. The molecule has 0 heterocycles. The highest BCUT2D eigenvalue weighted by Gasteiger charge is 2.26. The summed E-state index contributed by atoms with van der Waals surface area (Å²) in [4.78, 5) is 5.46. The van der Waals surface area contributed by atoms with Gasteiger partial charge in [-0.3, -0.25) is 4.99 Å². The van der Waals surface area contributed by atoms with Crippen LogP contribution in [0.5, 0.6) is 0 Å². The van der Waals surface area contributed by atoms with Crippen molar-refractivity contribution >= 4 is 29.9 Å². The van der Waals surface area contributed by atoms with Crippen LogP contribution in [0.4, 0.5) is 13.2 Å². The van der Waals surface area contributed by atoms with Crippen LogP contribution in [0.1, 0.15) is 13.3 Å². The highest BCUT2D eigenvalue weighted by Crippen LogP contribution is 2.18. The first-order valence-electron chi connectivity index (χ1n) is 4.39. The Balaban J connectivity index is 0. The Morgan fingerprint density at radius 2 is 1.87 bits per heavy atom. The van der Waals surface area contributed by atoms with Crippen molar-refractivity contribution in [1.82, 2.24) is 10.2 Å². The molecule has 15 heavy (non-hydrogen) atoms. The van der Waals surface area contributed by atoms with E-state index in [2.05, 4.69) is 10.3 Å². The maximum atomic E-state index is 11.8. The maximum absolute atomic E-state index is 11.8. The highest BCUT2D eigenvalue weighted by atomic mass is 127. The van der Waals surface area contributed by atoms with Gasteiger partial charge in [-0.05, 0) is 6.92 Å². The first-order valence-corrected chi connectivity index (χ1v) is 4.39. The molecule has 0 atom stereocenters. The minimum absolute atomic E-state index is 0. The van der Waals surface area contributed by atoms with E-state index in [1.54, 1.807) is 19.0 Å². The maximum Gasteiger partial charge on any atom is 0.390 e. The number of nitrogens with zero attached hydrogens (tertiary/aromatic N) is 2. The van der Waals surface area contributed by atoms with Crippen molar-refractivity contribution in [2.45, 2.75) is 19.5 Å². The molecule has 0 unspecified atom stereocenters. The second-order valence-corrected chi connectivity index (χ2v) is 3.00. The zero-order valence-corrected chi connectivity index (χ0v) is 11.4. The van der Waals surface area contributed by atoms with Gasteiger partial charge in [0.25, 0.3) is 0 Å². The lowest BCUT2D eigenvalue weighted by Crippen LogP contribution is -2.36. The number of hydrogen-bond acceptors (Lipinski definition) is 1. The Bertz CT molecular complexity index is 192. The van der Waals surface area contributed by atoms with Gasteiger partial charge in [0.15, 0.2) is 5.96 Å². The van der Waals surface area contributed by atoms with Crippen LogP contribution >= 0.6 is 24.0 Å². The normalized spacial score (nSPS) is 12.0. The SMILES string of the molecule is CCNC(=NCCC(F)(F)F)N(C)C.I. The predicted octanol–water partition coefficient (Wildman–Crippen LogP) is 2.08. The molecule has 0 aliphatic carbocycles. The summed E-state index contributed by atoms with van der Waals surface area (Å²) in [5.41, 5.74) is 0. The summed E-state index contributed by atoms with van der Waals surface area (Å²) in [5, 5.41) is 2.88. The number of halogens is 4. The summed E-state index contributed by atoms with van der Waals surface area (Å²) in [6.45, 7) is 2.27. The van der Waals surface area contributed by atoms with Crippen LogP contribution in [-0.2, 0) is 0 Å². The molecule has 1 N–H and O–H groups in total. The quantitative estimate of drug-likeness (QED) is 0.484. The summed E-state index contributed by atoms with van der Waals surface area (Å²) in [7, 11) is 3.46. The third-order valence-electron chi connectivity index (χ3n) is 1.42. The summed E-state index contributed by atoms with van der Waals surface area (Å²) in [6.07, 6.45) is -5.01. The minimum Gasteiger partial charge on any atom is -0.357 e. The fourth-order valence-electron chi connectivity index (χ4n) is 0.802. The van der Waals surface area contributed by atoms with E-state index in [0.717, 1.165) is 0 Å². The molecule has 0 bridgehead atoms. The van der Waals surface area contributed by atoms with Crippen LogP contribution in [0.3, 0.4) is 0 Å². The molecule has 0 aliphatic rings. The van der Waals surface area contributed by atoms with Gasteiger partial charge >= 0.3 is 6.18 Å². The molecule has 3 nitrogen and oxygen atoms in total. The Hall–Kier alpha value is -0.210. The van der Waals surface area contributed by atoms with Gasteiger partial charge in [0.05, 0.1) is 13.0 Å². The van der Waals surface area contributed by atoms with Crippen LogP contribution in [0.15, 0.2) is 4.99 Å². The standard InChI is InChI=1S/C8H16F3N3.HI/c1-4-12-7(14(2)3)13-6-5-8(9,10)11;/h4-6H2,1-3H3,(H,12,13);1H. The molecule has 0 saturated heterocycles. The van der Waals surface area contributed by atoms with E-state index >= 15 is 0 Å². The van der Waals surface area contributed by atoms with E-state index in [1.165, 1.54) is 0 Å². The molecule has 0 aromatic carbocycles. The monoisotopic (exact) mass is 339 g/mol. The summed E-state index contributed by atoms with van der Waals surface area (Å²) < 4.78 is 35.4. The van der Waals surface area contributed by atoms with Crippen LogP contribution in [0.2, 0.25) is 0 Å². The zero-order chi connectivity index (χ0) is 11.2. The first kappa shape index (κ1) is 17.2. The van der Waals surface area contributed by atoms with E-state index in [9.17, 15) is 13.2 Å². The lowest BCUT2D eigenvalue weighted by Gasteiger charge is -2.16. The van der Waals surface area contributed by atoms with E-state index < -0.39 is 12.6 Å². The van der Waals surface area contributed by atoms with Crippen molar-refractivity contribution in [3.8, 4) is 0 Å². The van der Waals surface area contributed by atoms with Gasteiger partial charge in [0.2, 0.25) is 0 Å². The Kier molecular flexibility index (Phi) is 9.17. The number of alkyl halides is 3. The van der Waals surface area contributed by atoms with Crippen molar-refractivity contribution in [3.63, 3.8) is 0 Å². The number of aliphatic imine (C=N–C) groups is 1. The number of hydrogen-bond donors (Lipinski definition) is 1. The molecular formula is C8H17F3IN3.